The van der Waals surface area contributed by atoms with Gasteiger partial charge in [0.25, 0.3) is 0 Å². The molecule has 0 aliphatic carbocycles. The van der Waals surface area contributed by atoms with Crippen molar-refractivity contribution in [2.45, 2.75) is 44.9 Å². The molecule has 0 aromatic heterocycles. The molecule has 6 heteroatoms. The molecular weight excluding hydrogens is 465 g/mol. The lowest BCUT2D eigenvalue weighted by molar-refractivity contribution is 0.114. The molecule has 0 amide bonds. The summed E-state index contributed by atoms with van der Waals surface area (Å²) in [6.07, 6.45) is 3.74. The first-order chi connectivity index (χ1) is 13.2. The molecule has 4 rings (SSSR count). The molecule has 28 heavy (non-hydrogen) atoms. The predicted octanol–water partition coefficient (Wildman–Crippen LogP) is 3.88. The van der Waals surface area contributed by atoms with Crippen molar-refractivity contribution >= 4 is 29.9 Å². The summed E-state index contributed by atoms with van der Waals surface area (Å²) in [6.45, 7) is 4.26. The first-order valence-electron chi connectivity index (χ1n) is 9.71. The number of guanidine groups is 1. The van der Waals surface area contributed by atoms with Gasteiger partial charge < -0.3 is 20.5 Å². The third kappa shape index (κ3) is 5.17. The lowest BCUT2D eigenvalue weighted by atomic mass is 10.00. The molecule has 5 nitrogen and oxygen atoms in total. The Kier molecular flexibility index (Phi) is 7.18. The summed E-state index contributed by atoms with van der Waals surface area (Å²) in [4.78, 5) is 4.42. The monoisotopic (exact) mass is 493 g/mol. The number of hydrogen-bond donors (Lipinski definition) is 2. The molecule has 2 aliphatic rings. The summed E-state index contributed by atoms with van der Waals surface area (Å²) >= 11 is 0. The molecule has 2 unspecified atom stereocenters. The van der Waals surface area contributed by atoms with Crippen molar-refractivity contribution in [1.82, 2.24) is 5.32 Å². The predicted molar refractivity (Wildman–Crippen MR) is 123 cm³/mol. The number of benzene rings is 2. The minimum Gasteiger partial charge on any atom is -0.490 e. The fraction of sp³-hybridized carbons (Fsp3) is 0.409. The van der Waals surface area contributed by atoms with Crippen LogP contribution in [0.15, 0.2) is 47.5 Å². The van der Waals surface area contributed by atoms with E-state index < -0.39 is 0 Å². The van der Waals surface area contributed by atoms with Gasteiger partial charge in [0.05, 0.1) is 12.6 Å². The van der Waals surface area contributed by atoms with Gasteiger partial charge in [0, 0.05) is 19.6 Å². The molecule has 0 saturated carbocycles. The smallest absolute Gasteiger partial charge is 0.189 e. The Morgan fingerprint density at radius 1 is 1.18 bits per heavy atom. The van der Waals surface area contributed by atoms with Crippen LogP contribution in [0, 0.1) is 0 Å². The normalized spacial score (nSPS) is 21.0. The molecule has 2 aromatic carbocycles. The number of hydrogen-bond acceptors (Lipinski definition) is 3. The highest BCUT2D eigenvalue weighted by Gasteiger charge is 2.19. The number of aliphatic imine (C=N–C) groups is 1. The Hall–Kier alpha value is -1.80. The Morgan fingerprint density at radius 2 is 1.96 bits per heavy atom. The molecule has 2 heterocycles. The Morgan fingerprint density at radius 3 is 2.71 bits per heavy atom. The lowest BCUT2D eigenvalue weighted by Crippen LogP contribution is -2.37. The zero-order valence-electron chi connectivity index (χ0n) is 16.2. The van der Waals surface area contributed by atoms with E-state index in [4.69, 9.17) is 15.2 Å². The average molecular weight is 493 g/mol. The Labute approximate surface area is 183 Å². The van der Waals surface area contributed by atoms with E-state index in [9.17, 15) is 0 Å². The summed E-state index contributed by atoms with van der Waals surface area (Å²) in [6, 6.07) is 14.9. The minimum atomic E-state index is 0. The molecular formula is C22H28IN3O2. The van der Waals surface area contributed by atoms with Crippen LogP contribution in [-0.4, -0.2) is 31.3 Å². The van der Waals surface area contributed by atoms with Crippen molar-refractivity contribution in [3.8, 4) is 16.9 Å². The quantitative estimate of drug-likeness (QED) is 0.377. The van der Waals surface area contributed by atoms with Crippen molar-refractivity contribution < 1.29 is 9.47 Å². The second-order valence-electron chi connectivity index (χ2n) is 7.37. The van der Waals surface area contributed by atoms with Gasteiger partial charge in [-0.1, -0.05) is 30.3 Å². The van der Waals surface area contributed by atoms with Crippen LogP contribution in [0.3, 0.4) is 0 Å². The molecule has 0 bridgehead atoms. The number of ether oxygens (including phenoxy) is 2. The largest absolute Gasteiger partial charge is 0.490 e. The van der Waals surface area contributed by atoms with Gasteiger partial charge in [-0.3, -0.25) is 0 Å². The van der Waals surface area contributed by atoms with Gasteiger partial charge in [0.2, 0.25) is 0 Å². The van der Waals surface area contributed by atoms with Crippen molar-refractivity contribution in [2.75, 3.05) is 13.2 Å². The highest BCUT2D eigenvalue weighted by molar-refractivity contribution is 14.0. The van der Waals surface area contributed by atoms with Crippen molar-refractivity contribution in [2.24, 2.45) is 10.7 Å². The third-order valence-corrected chi connectivity index (χ3v) is 5.15. The summed E-state index contributed by atoms with van der Waals surface area (Å²) < 4.78 is 11.4. The molecule has 1 saturated heterocycles. The van der Waals surface area contributed by atoms with E-state index in [1.807, 2.05) is 0 Å². The lowest BCUT2D eigenvalue weighted by Gasteiger charge is -2.11. The standard InChI is InChI=1S/C22H27N3O2.HI/c1-15-11-19-12-18(8-9-21(19)27-15)17-6-4-16(5-7-17)13-24-22(23)25-14-20-3-2-10-26-20;/h4-9,12,15,20H,2-3,10-11,13-14H2,1H3,(H3,23,24,25);1H. The fourth-order valence-corrected chi connectivity index (χ4v) is 3.66. The first kappa shape index (κ1) is 20.9. The van der Waals surface area contributed by atoms with Gasteiger partial charge in [0.15, 0.2) is 5.96 Å². The third-order valence-electron chi connectivity index (χ3n) is 5.15. The van der Waals surface area contributed by atoms with Crippen LogP contribution in [0.4, 0.5) is 0 Å². The SMILES string of the molecule is CC1Cc2cc(-c3ccc(CN=C(N)NCC4CCCO4)cc3)ccc2O1.I. The Bertz CT molecular complexity index is 817. The van der Waals surface area contributed by atoms with E-state index in [2.05, 4.69) is 59.7 Å². The van der Waals surface area contributed by atoms with Gasteiger partial charge in [0.1, 0.15) is 11.9 Å². The van der Waals surface area contributed by atoms with Crippen LogP contribution < -0.4 is 15.8 Å². The number of nitrogens with two attached hydrogens (primary N) is 1. The first-order valence-corrected chi connectivity index (χ1v) is 9.71. The molecule has 0 radical (unpaired) electrons. The number of rotatable bonds is 5. The Balaban J connectivity index is 0.00000225. The van der Waals surface area contributed by atoms with Crippen LogP contribution in [0.5, 0.6) is 5.75 Å². The second kappa shape index (κ2) is 9.60. The molecule has 3 N–H and O–H groups in total. The zero-order valence-corrected chi connectivity index (χ0v) is 18.5. The maximum absolute atomic E-state index is 5.96. The van der Waals surface area contributed by atoms with E-state index >= 15 is 0 Å². The average Bonchev–Trinajstić information content (AvgIpc) is 3.33. The van der Waals surface area contributed by atoms with E-state index in [1.165, 1.54) is 16.7 Å². The van der Waals surface area contributed by atoms with Crippen molar-refractivity contribution in [1.29, 1.82) is 0 Å². The van der Waals surface area contributed by atoms with Crippen LogP contribution >= 0.6 is 24.0 Å². The van der Waals surface area contributed by atoms with Gasteiger partial charge in [-0.2, -0.15) is 0 Å². The van der Waals surface area contributed by atoms with Crippen molar-refractivity contribution in [3.05, 3.63) is 53.6 Å². The molecule has 2 aliphatic heterocycles. The minimum absolute atomic E-state index is 0. The van der Waals surface area contributed by atoms with Gasteiger partial charge >= 0.3 is 0 Å². The van der Waals surface area contributed by atoms with Crippen LogP contribution in [-0.2, 0) is 17.7 Å². The van der Waals surface area contributed by atoms with E-state index in [-0.39, 0.29) is 36.2 Å². The van der Waals surface area contributed by atoms with Gasteiger partial charge in [-0.25, -0.2) is 4.99 Å². The van der Waals surface area contributed by atoms with Gasteiger partial charge in [-0.05, 0) is 54.2 Å². The maximum Gasteiger partial charge on any atom is 0.189 e. The number of nitrogens with one attached hydrogen (secondary N) is 1. The summed E-state index contributed by atoms with van der Waals surface area (Å²) in [7, 11) is 0. The molecule has 2 atom stereocenters. The number of nitrogens with zero attached hydrogens (tertiary/aromatic N) is 1. The molecule has 150 valence electrons. The summed E-state index contributed by atoms with van der Waals surface area (Å²) in [5, 5.41) is 3.15. The van der Waals surface area contributed by atoms with E-state index in [0.717, 1.165) is 43.7 Å². The van der Waals surface area contributed by atoms with Crippen LogP contribution in [0.1, 0.15) is 30.9 Å². The molecule has 0 spiro atoms. The number of fused-ring (bicyclic) bond motifs is 1. The summed E-state index contributed by atoms with van der Waals surface area (Å²) in [5.74, 6) is 1.49. The van der Waals surface area contributed by atoms with Gasteiger partial charge in [-0.15, -0.1) is 24.0 Å². The molecule has 2 aromatic rings. The topological polar surface area (TPSA) is 68.9 Å². The van der Waals surface area contributed by atoms with Crippen LogP contribution in [0.2, 0.25) is 0 Å². The fourth-order valence-electron chi connectivity index (χ4n) is 3.66. The highest BCUT2D eigenvalue weighted by atomic mass is 127. The van der Waals surface area contributed by atoms with E-state index in [0.29, 0.717) is 12.5 Å². The van der Waals surface area contributed by atoms with Crippen LogP contribution in [0.25, 0.3) is 11.1 Å². The molecule has 1 fully saturated rings. The second-order valence-corrected chi connectivity index (χ2v) is 7.37. The summed E-state index contributed by atoms with van der Waals surface area (Å²) in [5.41, 5.74) is 10.8. The van der Waals surface area contributed by atoms with E-state index in [1.54, 1.807) is 0 Å². The van der Waals surface area contributed by atoms with Crippen molar-refractivity contribution in [3.63, 3.8) is 0 Å². The zero-order chi connectivity index (χ0) is 18.6. The number of halogens is 1. The highest BCUT2D eigenvalue weighted by Crippen LogP contribution is 2.32. The maximum atomic E-state index is 5.96.